The van der Waals surface area contributed by atoms with Crippen molar-refractivity contribution >= 4 is 16.8 Å². The molecule has 1 heterocycles. The van der Waals surface area contributed by atoms with Gasteiger partial charge in [-0.2, -0.15) is 0 Å². The smallest absolute Gasteiger partial charge is 0.251 e. The maximum Gasteiger partial charge on any atom is 0.251 e. The summed E-state index contributed by atoms with van der Waals surface area (Å²) in [6.45, 7) is 5.00. The van der Waals surface area contributed by atoms with Crippen molar-refractivity contribution in [1.82, 2.24) is 15.2 Å². The monoisotopic (exact) mass is 273 g/mol. The Morgan fingerprint density at radius 3 is 2.70 bits per heavy atom. The van der Waals surface area contributed by atoms with Gasteiger partial charge >= 0.3 is 0 Å². The van der Waals surface area contributed by atoms with E-state index < -0.39 is 0 Å². The molecule has 2 aromatic rings. The molecule has 0 saturated heterocycles. The van der Waals surface area contributed by atoms with Gasteiger partial charge in [0.2, 0.25) is 0 Å². The maximum atomic E-state index is 12.2. The Labute approximate surface area is 120 Å². The molecule has 1 aromatic heterocycles. The van der Waals surface area contributed by atoms with Crippen molar-refractivity contribution in [2.75, 3.05) is 20.6 Å². The number of fused-ring (bicyclic) bond motifs is 1. The molecule has 0 saturated carbocycles. The highest BCUT2D eigenvalue weighted by molar-refractivity contribution is 5.98. The number of aromatic amines is 1. The number of rotatable bonds is 5. The molecule has 2 N–H and O–H groups in total. The van der Waals surface area contributed by atoms with Crippen LogP contribution >= 0.6 is 0 Å². The molecule has 0 bridgehead atoms. The van der Waals surface area contributed by atoms with Crippen LogP contribution in [-0.2, 0) is 0 Å². The minimum absolute atomic E-state index is 0.0133. The van der Waals surface area contributed by atoms with Gasteiger partial charge in [0.15, 0.2) is 0 Å². The first-order valence-electron chi connectivity index (χ1n) is 7.01. The Morgan fingerprint density at radius 2 is 2.05 bits per heavy atom. The van der Waals surface area contributed by atoms with Gasteiger partial charge in [-0.3, -0.25) is 4.79 Å². The number of amides is 1. The van der Waals surface area contributed by atoms with E-state index in [1.807, 2.05) is 44.6 Å². The number of carbonyl (C=O) groups excluding carboxylic acids is 1. The van der Waals surface area contributed by atoms with Crippen LogP contribution in [0.5, 0.6) is 0 Å². The van der Waals surface area contributed by atoms with E-state index in [0.29, 0.717) is 24.1 Å². The third-order valence-electron chi connectivity index (χ3n) is 3.72. The van der Waals surface area contributed by atoms with Crippen LogP contribution in [0, 0.1) is 5.92 Å². The molecule has 0 aliphatic heterocycles. The average Bonchev–Trinajstić information content (AvgIpc) is 2.84. The van der Waals surface area contributed by atoms with Gasteiger partial charge in [-0.15, -0.1) is 0 Å². The summed E-state index contributed by atoms with van der Waals surface area (Å²) in [7, 11) is 4.09. The van der Waals surface area contributed by atoms with E-state index in [-0.39, 0.29) is 5.91 Å². The summed E-state index contributed by atoms with van der Waals surface area (Å²) >= 11 is 0. The Balaban J connectivity index is 2.04. The highest BCUT2D eigenvalue weighted by atomic mass is 16.1. The molecule has 1 amide bonds. The summed E-state index contributed by atoms with van der Waals surface area (Å²) < 4.78 is 0. The third kappa shape index (κ3) is 3.20. The quantitative estimate of drug-likeness (QED) is 0.879. The van der Waals surface area contributed by atoms with E-state index in [1.165, 1.54) is 0 Å². The molecule has 0 radical (unpaired) electrons. The van der Waals surface area contributed by atoms with Crippen LogP contribution in [0.1, 0.15) is 24.2 Å². The molecule has 0 aliphatic rings. The van der Waals surface area contributed by atoms with Gasteiger partial charge in [0.1, 0.15) is 0 Å². The van der Waals surface area contributed by atoms with E-state index in [9.17, 15) is 4.79 Å². The summed E-state index contributed by atoms with van der Waals surface area (Å²) in [6.07, 6.45) is 1.88. The van der Waals surface area contributed by atoms with Gasteiger partial charge in [-0.25, -0.2) is 0 Å². The third-order valence-corrected chi connectivity index (χ3v) is 3.72. The average molecular weight is 273 g/mol. The Morgan fingerprint density at radius 1 is 1.30 bits per heavy atom. The zero-order valence-corrected chi connectivity index (χ0v) is 12.6. The van der Waals surface area contributed by atoms with Crippen LogP contribution in [0.15, 0.2) is 30.5 Å². The molecule has 1 unspecified atom stereocenters. The molecule has 4 nitrogen and oxygen atoms in total. The predicted molar refractivity (Wildman–Crippen MR) is 82.9 cm³/mol. The Kier molecular flexibility index (Phi) is 4.45. The SMILES string of the molecule is CC(C)C(CNC(=O)c1ccc2[nH]ccc2c1)N(C)C. The topological polar surface area (TPSA) is 48.1 Å². The molecular weight excluding hydrogens is 250 g/mol. The molecule has 0 fully saturated rings. The van der Waals surface area contributed by atoms with E-state index in [2.05, 4.69) is 29.0 Å². The second-order valence-electron chi connectivity index (χ2n) is 5.76. The van der Waals surface area contributed by atoms with Crippen LogP contribution in [0.3, 0.4) is 0 Å². The number of hydrogen-bond acceptors (Lipinski definition) is 2. The molecule has 4 heteroatoms. The second kappa shape index (κ2) is 6.09. The highest BCUT2D eigenvalue weighted by Gasteiger charge is 2.17. The highest BCUT2D eigenvalue weighted by Crippen LogP contribution is 2.14. The number of carbonyl (C=O) groups is 1. The predicted octanol–water partition coefficient (Wildman–Crippen LogP) is 2.48. The Hall–Kier alpha value is -1.81. The maximum absolute atomic E-state index is 12.2. The summed E-state index contributed by atoms with van der Waals surface area (Å²) in [5.41, 5.74) is 1.76. The van der Waals surface area contributed by atoms with E-state index in [4.69, 9.17) is 0 Å². The van der Waals surface area contributed by atoms with Crippen LogP contribution < -0.4 is 5.32 Å². The van der Waals surface area contributed by atoms with Crippen LogP contribution in [0.25, 0.3) is 10.9 Å². The standard InChI is InChI=1S/C16H23N3O/c1-11(2)15(19(3)4)10-18-16(20)13-5-6-14-12(9-13)7-8-17-14/h5-9,11,15,17H,10H2,1-4H3,(H,18,20). The first kappa shape index (κ1) is 14.6. The van der Waals surface area contributed by atoms with Gasteiger partial charge in [-0.05, 0) is 44.3 Å². The molecule has 2 rings (SSSR count). The van der Waals surface area contributed by atoms with E-state index in [0.717, 1.165) is 10.9 Å². The van der Waals surface area contributed by atoms with Gasteiger partial charge < -0.3 is 15.2 Å². The summed E-state index contributed by atoms with van der Waals surface area (Å²) in [5, 5.41) is 4.09. The molecule has 0 spiro atoms. The summed E-state index contributed by atoms with van der Waals surface area (Å²) in [5.74, 6) is 0.484. The van der Waals surface area contributed by atoms with E-state index in [1.54, 1.807) is 0 Å². The lowest BCUT2D eigenvalue weighted by molar-refractivity contribution is 0.0935. The van der Waals surface area contributed by atoms with Crippen molar-refractivity contribution in [2.24, 2.45) is 5.92 Å². The molecule has 108 valence electrons. The lowest BCUT2D eigenvalue weighted by atomic mass is 10.0. The molecule has 0 aliphatic carbocycles. The number of H-pyrrole nitrogens is 1. The first-order valence-corrected chi connectivity index (χ1v) is 7.01. The Bertz CT molecular complexity index is 578. The molecule has 1 atom stereocenters. The van der Waals surface area contributed by atoms with Crippen LogP contribution in [0.4, 0.5) is 0 Å². The van der Waals surface area contributed by atoms with Gasteiger partial charge in [0, 0.05) is 35.2 Å². The fourth-order valence-electron chi connectivity index (χ4n) is 2.51. The fraction of sp³-hybridized carbons (Fsp3) is 0.438. The van der Waals surface area contributed by atoms with E-state index >= 15 is 0 Å². The lowest BCUT2D eigenvalue weighted by Crippen LogP contribution is -2.43. The lowest BCUT2D eigenvalue weighted by Gasteiger charge is -2.28. The fourth-order valence-corrected chi connectivity index (χ4v) is 2.51. The number of likely N-dealkylation sites (N-methyl/N-ethyl adjacent to an activating group) is 1. The van der Waals surface area contributed by atoms with Crippen molar-refractivity contribution in [1.29, 1.82) is 0 Å². The first-order chi connectivity index (χ1) is 9.49. The van der Waals surface area contributed by atoms with Crippen molar-refractivity contribution < 1.29 is 4.79 Å². The largest absolute Gasteiger partial charge is 0.361 e. The molecular formula is C16H23N3O. The number of aromatic nitrogens is 1. The summed E-state index contributed by atoms with van der Waals surface area (Å²) in [4.78, 5) is 17.5. The number of benzene rings is 1. The minimum Gasteiger partial charge on any atom is -0.361 e. The summed E-state index contributed by atoms with van der Waals surface area (Å²) in [6, 6.07) is 8.03. The zero-order chi connectivity index (χ0) is 14.7. The van der Waals surface area contributed by atoms with Crippen LogP contribution in [0.2, 0.25) is 0 Å². The van der Waals surface area contributed by atoms with Crippen molar-refractivity contribution in [3.63, 3.8) is 0 Å². The van der Waals surface area contributed by atoms with Gasteiger partial charge in [0.05, 0.1) is 0 Å². The second-order valence-corrected chi connectivity index (χ2v) is 5.76. The number of nitrogens with one attached hydrogen (secondary N) is 2. The van der Waals surface area contributed by atoms with Crippen molar-refractivity contribution in [3.05, 3.63) is 36.0 Å². The number of hydrogen-bond donors (Lipinski definition) is 2. The molecule has 1 aromatic carbocycles. The van der Waals surface area contributed by atoms with Gasteiger partial charge in [0.25, 0.3) is 5.91 Å². The van der Waals surface area contributed by atoms with Gasteiger partial charge in [-0.1, -0.05) is 13.8 Å². The van der Waals surface area contributed by atoms with Crippen molar-refractivity contribution in [3.8, 4) is 0 Å². The molecule has 20 heavy (non-hydrogen) atoms. The minimum atomic E-state index is -0.0133. The van der Waals surface area contributed by atoms with Crippen LogP contribution in [-0.4, -0.2) is 42.5 Å². The normalized spacial score (nSPS) is 13.1. The number of nitrogens with zero attached hydrogens (tertiary/aromatic N) is 1. The van der Waals surface area contributed by atoms with Crippen molar-refractivity contribution in [2.45, 2.75) is 19.9 Å². The zero-order valence-electron chi connectivity index (χ0n) is 12.6.